The number of fused-ring (bicyclic) bond motifs is 3. The molecule has 78 valence electrons. The first kappa shape index (κ1) is 11.2. The van der Waals surface area contributed by atoms with E-state index in [0.717, 1.165) is 5.92 Å². The lowest BCUT2D eigenvalue weighted by Crippen LogP contribution is -3.14. The van der Waals surface area contributed by atoms with Gasteiger partial charge in [-0.1, -0.05) is 0 Å². The molecule has 0 spiro atoms. The second-order valence-corrected chi connectivity index (χ2v) is 4.37. The Morgan fingerprint density at radius 1 is 0.846 bits per heavy atom. The number of piperidine rings is 3. The molecule has 3 saturated heterocycles. The van der Waals surface area contributed by atoms with Gasteiger partial charge in [-0.05, 0) is 25.2 Å². The minimum atomic E-state index is -4.94. The van der Waals surface area contributed by atoms with Crippen molar-refractivity contribution in [3.8, 4) is 0 Å². The molecule has 0 radical (unpaired) electrons. The number of nitrogens with one attached hydrogen (secondary N) is 1. The Morgan fingerprint density at radius 2 is 1.15 bits per heavy atom. The Labute approximate surface area is 79.3 Å². The fourth-order valence-corrected chi connectivity index (χ4v) is 2.03. The highest BCUT2D eigenvalue weighted by Crippen LogP contribution is 2.16. The highest BCUT2D eigenvalue weighted by Gasteiger charge is 2.27. The number of rotatable bonds is 0. The van der Waals surface area contributed by atoms with E-state index < -0.39 is 10.2 Å². The van der Waals surface area contributed by atoms with Gasteiger partial charge in [0.05, 0.1) is 19.6 Å². The van der Waals surface area contributed by atoms with Crippen molar-refractivity contribution in [2.24, 2.45) is 5.92 Å². The van der Waals surface area contributed by atoms with Crippen LogP contribution in [0.4, 0.5) is 0 Å². The van der Waals surface area contributed by atoms with Gasteiger partial charge in [0.1, 0.15) is 0 Å². The van der Waals surface area contributed by atoms with Gasteiger partial charge in [0.2, 0.25) is 0 Å². The molecule has 0 aliphatic carbocycles. The summed E-state index contributed by atoms with van der Waals surface area (Å²) in [4.78, 5) is 1.87. The van der Waals surface area contributed by atoms with Gasteiger partial charge in [0, 0.05) is 0 Å². The third kappa shape index (κ3) is 5.41. The third-order valence-electron chi connectivity index (χ3n) is 2.72. The predicted molar refractivity (Wildman–Crippen MR) is 32.9 cm³/mol. The van der Waals surface area contributed by atoms with Crippen molar-refractivity contribution >= 4 is 0 Å². The van der Waals surface area contributed by atoms with Gasteiger partial charge in [-0.2, -0.15) is 0 Å². The molecule has 0 saturated carbocycles. The molecule has 3 heterocycles. The van der Waals surface area contributed by atoms with Gasteiger partial charge in [-0.25, -0.2) is 18.6 Å². The molecule has 3 aliphatic heterocycles. The summed E-state index contributed by atoms with van der Waals surface area (Å²) in [6.45, 7) is 4.43. The van der Waals surface area contributed by atoms with Crippen LogP contribution in [0.1, 0.15) is 19.3 Å². The van der Waals surface area contributed by atoms with Crippen LogP contribution in [-0.4, -0.2) is 19.6 Å². The molecule has 3 fully saturated rings. The van der Waals surface area contributed by atoms with E-state index in [9.17, 15) is 0 Å². The summed E-state index contributed by atoms with van der Waals surface area (Å²) in [7, 11) is -4.94. The lowest BCUT2D eigenvalue weighted by molar-refractivity contribution is -2.00. The van der Waals surface area contributed by atoms with Crippen molar-refractivity contribution in [1.82, 2.24) is 0 Å². The van der Waals surface area contributed by atoms with E-state index in [4.69, 9.17) is 18.6 Å². The van der Waals surface area contributed by atoms with Crippen LogP contribution in [-0.2, 0) is 0 Å². The maximum Gasteiger partial charge on any atom is 0.0773 e. The summed E-state index contributed by atoms with van der Waals surface area (Å²) in [6.07, 6.45) is 4.57. The van der Waals surface area contributed by atoms with Gasteiger partial charge >= 0.3 is 0 Å². The molecular weight excluding hydrogens is 198 g/mol. The first-order valence-corrected chi connectivity index (χ1v) is 5.64. The zero-order valence-corrected chi connectivity index (χ0v) is 8.09. The van der Waals surface area contributed by atoms with E-state index in [2.05, 4.69) is 0 Å². The van der Waals surface area contributed by atoms with Crippen LogP contribution in [0.5, 0.6) is 0 Å². The predicted octanol–water partition coefficient (Wildman–Crippen LogP) is -5.07. The molecule has 1 N–H and O–H groups in total. The molecule has 13 heavy (non-hydrogen) atoms. The van der Waals surface area contributed by atoms with Crippen LogP contribution < -0.4 is 23.5 Å². The summed E-state index contributed by atoms with van der Waals surface area (Å²) < 4.78 is 34.0. The minimum Gasteiger partial charge on any atom is -0.335 e. The molecule has 0 atom stereocenters. The normalized spacial score (nSPS) is 32.3. The third-order valence-corrected chi connectivity index (χ3v) is 2.72. The smallest absolute Gasteiger partial charge is 0.0773 e. The molecular formula is C7H14ClNO4. The second-order valence-electron chi connectivity index (χ2n) is 3.61. The fraction of sp³-hybridized carbons (Fsp3) is 1.00. The minimum absolute atomic E-state index is 1.13. The SMILES string of the molecule is C1C[NH+]2CCC1CC2.[O-][Cl+3]([O-])([O-])[O-]. The molecule has 6 heteroatoms. The fourth-order valence-electron chi connectivity index (χ4n) is 2.03. The number of quaternary nitrogens is 1. The van der Waals surface area contributed by atoms with Crippen molar-refractivity contribution < 1.29 is 33.8 Å². The van der Waals surface area contributed by atoms with E-state index in [1.165, 1.54) is 38.9 Å². The summed E-state index contributed by atoms with van der Waals surface area (Å²) in [5.74, 6) is 1.13. The van der Waals surface area contributed by atoms with Gasteiger partial charge in [0.15, 0.2) is 0 Å². The van der Waals surface area contributed by atoms with Gasteiger partial charge in [-0.15, -0.1) is 10.2 Å². The Balaban J connectivity index is 0.000000149. The molecule has 3 rings (SSSR count). The molecule has 0 aromatic rings. The first-order valence-electron chi connectivity index (χ1n) is 4.40. The Kier molecular flexibility index (Phi) is 3.90. The van der Waals surface area contributed by atoms with E-state index >= 15 is 0 Å². The Morgan fingerprint density at radius 3 is 1.23 bits per heavy atom. The van der Waals surface area contributed by atoms with E-state index in [-0.39, 0.29) is 0 Å². The topological polar surface area (TPSA) is 96.7 Å². The summed E-state index contributed by atoms with van der Waals surface area (Å²) in [6, 6.07) is 0. The lowest BCUT2D eigenvalue weighted by atomic mass is 9.89. The molecule has 0 amide bonds. The average molecular weight is 212 g/mol. The largest absolute Gasteiger partial charge is 0.335 e. The van der Waals surface area contributed by atoms with Crippen LogP contribution >= 0.6 is 0 Å². The van der Waals surface area contributed by atoms with E-state index in [1.54, 1.807) is 0 Å². The lowest BCUT2D eigenvalue weighted by Gasteiger charge is -2.35. The molecule has 0 unspecified atom stereocenters. The van der Waals surface area contributed by atoms with Crippen molar-refractivity contribution in [3.63, 3.8) is 0 Å². The molecule has 2 bridgehead atoms. The van der Waals surface area contributed by atoms with Gasteiger partial charge in [-0.3, -0.25) is 0 Å². The van der Waals surface area contributed by atoms with Crippen molar-refractivity contribution in [3.05, 3.63) is 0 Å². The van der Waals surface area contributed by atoms with Crippen LogP contribution in [0.15, 0.2) is 0 Å². The van der Waals surface area contributed by atoms with Crippen molar-refractivity contribution in [1.29, 1.82) is 0 Å². The van der Waals surface area contributed by atoms with Crippen LogP contribution in [0, 0.1) is 16.2 Å². The quantitative estimate of drug-likeness (QED) is 0.434. The van der Waals surface area contributed by atoms with E-state index in [1.807, 2.05) is 4.90 Å². The summed E-state index contributed by atoms with van der Waals surface area (Å²) in [5.41, 5.74) is 0. The maximum atomic E-state index is 8.49. The second kappa shape index (κ2) is 4.54. The summed E-state index contributed by atoms with van der Waals surface area (Å²) >= 11 is 0. The number of halogens is 1. The van der Waals surface area contributed by atoms with Crippen molar-refractivity contribution in [2.45, 2.75) is 19.3 Å². The van der Waals surface area contributed by atoms with Crippen LogP contribution in [0.2, 0.25) is 0 Å². The highest BCUT2D eigenvalue weighted by atomic mass is 35.7. The number of hydrogen-bond donors (Lipinski definition) is 1. The summed E-state index contributed by atoms with van der Waals surface area (Å²) in [5, 5.41) is 0. The molecule has 0 aromatic carbocycles. The first-order chi connectivity index (χ1) is 5.95. The van der Waals surface area contributed by atoms with Crippen LogP contribution in [0.25, 0.3) is 0 Å². The zero-order chi connectivity index (χ0) is 9.90. The Bertz CT molecular complexity index is 124. The number of hydrogen-bond acceptors (Lipinski definition) is 4. The zero-order valence-electron chi connectivity index (χ0n) is 7.33. The maximum absolute atomic E-state index is 8.49. The van der Waals surface area contributed by atoms with E-state index in [0.29, 0.717) is 0 Å². The average Bonchev–Trinajstić information content (AvgIpc) is 2.05. The van der Waals surface area contributed by atoms with Gasteiger partial charge in [0.25, 0.3) is 0 Å². The van der Waals surface area contributed by atoms with Crippen molar-refractivity contribution in [2.75, 3.05) is 19.6 Å². The Hall–Kier alpha value is 0.0900. The molecule has 0 aromatic heterocycles. The molecule has 5 nitrogen and oxygen atoms in total. The van der Waals surface area contributed by atoms with Gasteiger partial charge < -0.3 is 4.90 Å². The van der Waals surface area contributed by atoms with Crippen LogP contribution in [0.3, 0.4) is 0 Å². The highest BCUT2D eigenvalue weighted by molar-refractivity contribution is 4.66. The molecule has 3 aliphatic rings. The monoisotopic (exact) mass is 211 g/mol. The standard InChI is InChI=1S/C7H13N.ClHO4/c1-4-8-5-2-7(1)3-6-8;2-1(3,4)5/h7H,1-6H2;(H,2,3,4,5).